The zero-order valence-corrected chi connectivity index (χ0v) is 22.9. The maximum atomic E-state index is 12.3. The molecule has 0 unspecified atom stereocenters. The predicted octanol–water partition coefficient (Wildman–Crippen LogP) is 8.40. The number of aromatic carboxylic acids is 2. The summed E-state index contributed by atoms with van der Waals surface area (Å²) in [6.07, 6.45) is 3.68. The smallest absolute Gasteiger partial charge is 0.337 e. The lowest BCUT2D eigenvalue weighted by Crippen LogP contribution is -2.23. The third-order valence-electron chi connectivity index (χ3n) is 7.39. The molecule has 0 fully saturated rings. The van der Waals surface area contributed by atoms with Crippen LogP contribution in [0, 0.1) is 6.92 Å². The summed E-state index contributed by atoms with van der Waals surface area (Å²) in [7, 11) is 0. The molecule has 41 heavy (non-hydrogen) atoms. The fraction of sp³-hybridized carbons (Fsp3) is 0.147. The molecule has 4 aromatic rings. The summed E-state index contributed by atoms with van der Waals surface area (Å²) in [5, 5.41) is 28.2. The quantitative estimate of drug-likeness (QED) is 0.179. The Kier molecular flexibility index (Phi) is 7.20. The van der Waals surface area contributed by atoms with E-state index in [1.807, 2.05) is 25.1 Å². The molecule has 7 nitrogen and oxygen atoms in total. The third-order valence-corrected chi connectivity index (χ3v) is 7.39. The first kappa shape index (κ1) is 27.4. The van der Waals surface area contributed by atoms with E-state index in [-0.39, 0.29) is 27.9 Å². The average Bonchev–Trinajstić information content (AvgIpc) is 2.96. The van der Waals surface area contributed by atoms with Crippen LogP contribution in [0.25, 0.3) is 16.7 Å². The van der Waals surface area contributed by atoms with Crippen LogP contribution in [0.2, 0.25) is 0 Å². The van der Waals surface area contributed by atoms with Crippen molar-refractivity contribution < 1.29 is 24.6 Å². The van der Waals surface area contributed by atoms with Crippen LogP contribution in [-0.4, -0.2) is 28.4 Å². The van der Waals surface area contributed by atoms with Crippen molar-refractivity contribution in [1.82, 2.24) is 0 Å². The molecule has 0 saturated heterocycles. The average molecular weight is 545 g/mol. The van der Waals surface area contributed by atoms with Gasteiger partial charge < -0.3 is 10.2 Å². The highest BCUT2D eigenvalue weighted by Gasteiger charge is 2.33. The first-order valence-corrected chi connectivity index (χ1v) is 13.1. The number of nitrogens with zero attached hydrogens (tertiary/aromatic N) is 2. The first-order valence-electron chi connectivity index (χ1n) is 13.1. The number of hydrogen-bond acceptors (Lipinski definition) is 5. The van der Waals surface area contributed by atoms with Crippen molar-refractivity contribution in [3.05, 3.63) is 124 Å². The van der Waals surface area contributed by atoms with Crippen LogP contribution in [0.3, 0.4) is 0 Å². The standard InChI is InChI=1S/C34H28N2O5/c1-20-11-13-22(14-12-20)23-15-16-34(2,3)30-27(23)17-21(19-37)18-28(30)24-8-6-9-26(33(40)41)31(24)36-35-29-10-5-4-7-25(29)32(38)39/h4-15,17-19H,16H2,1-3H3,(H,38,39)(H,40,41). The fourth-order valence-corrected chi connectivity index (χ4v) is 5.35. The summed E-state index contributed by atoms with van der Waals surface area (Å²) < 4.78 is 0. The van der Waals surface area contributed by atoms with Crippen molar-refractivity contribution in [2.24, 2.45) is 10.2 Å². The van der Waals surface area contributed by atoms with Gasteiger partial charge in [-0.15, -0.1) is 10.2 Å². The molecule has 1 aliphatic carbocycles. The van der Waals surface area contributed by atoms with E-state index in [4.69, 9.17) is 0 Å². The predicted molar refractivity (Wildman–Crippen MR) is 158 cm³/mol. The molecular formula is C34H28N2O5. The van der Waals surface area contributed by atoms with Crippen LogP contribution in [0.15, 0.2) is 95.2 Å². The second-order valence-corrected chi connectivity index (χ2v) is 10.7. The van der Waals surface area contributed by atoms with Crippen LogP contribution < -0.4 is 0 Å². The molecule has 0 spiro atoms. The number of benzene rings is 4. The zero-order chi connectivity index (χ0) is 29.3. The van der Waals surface area contributed by atoms with E-state index in [9.17, 15) is 24.6 Å². The van der Waals surface area contributed by atoms with Crippen molar-refractivity contribution >= 4 is 35.2 Å². The van der Waals surface area contributed by atoms with Crippen LogP contribution in [-0.2, 0) is 5.41 Å². The molecule has 0 saturated carbocycles. The fourth-order valence-electron chi connectivity index (χ4n) is 5.35. The topological polar surface area (TPSA) is 116 Å². The van der Waals surface area contributed by atoms with E-state index in [0.29, 0.717) is 16.7 Å². The molecule has 4 aromatic carbocycles. The number of carbonyl (C=O) groups excluding carboxylic acids is 1. The first-order chi connectivity index (χ1) is 19.6. The molecule has 0 amide bonds. The molecule has 1 aliphatic rings. The molecule has 7 heteroatoms. The summed E-state index contributed by atoms with van der Waals surface area (Å²) in [6.45, 7) is 6.26. The monoisotopic (exact) mass is 544 g/mol. The Balaban J connectivity index is 1.79. The highest BCUT2D eigenvalue weighted by atomic mass is 16.4. The van der Waals surface area contributed by atoms with Crippen molar-refractivity contribution in [3.63, 3.8) is 0 Å². The van der Waals surface area contributed by atoms with E-state index in [1.54, 1.807) is 30.3 Å². The second kappa shape index (κ2) is 10.8. The lowest BCUT2D eigenvalue weighted by molar-refractivity contribution is 0.0686. The number of aldehydes is 1. The molecular weight excluding hydrogens is 516 g/mol. The van der Waals surface area contributed by atoms with Gasteiger partial charge in [0.05, 0.1) is 11.1 Å². The Bertz CT molecular complexity index is 1760. The molecule has 0 radical (unpaired) electrons. The summed E-state index contributed by atoms with van der Waals surface area (Å²) in [5.41, 5.74) is 6.28. The SMILES string of the molecule is Cc1ccc(C2=CCC(C)(C)c3c2cc(C=O)cc3-c2cccc(C(=O)O)c2N=Nc2ccccc2C(=O)O)cc1. The van der Waals surface area contributed by atoms with Gasteiger partial charge in [0.1, 0.15) is 17.7 Å². The highest BCUT2D eigenvalue weighted by Crippen LogP contribution is 2.48. The van der Waals surface area contributed by atoms with Crippen LogP contribution in [0.5, 0.6) is 0 Å². The summed E-state index contributed by atoms with van der Waals surface area (Å²) in [4.78, 5) is 36.3. The van der Waals surface area contributed by atoms with E-state index in [0.717, 1.165) is 40.5 Å². The number of rotatable bonds is 7. The lowest BCUT2D eigenvalue weighted by atomic mass is 9.69. The van der Waals surface area contributed by atoms with Crippen molar-refractivity contribution in [3.8, 4) is 11.1 Å². The molecule has 5 rings (SSSR count). The van der Waals surface area contributed by atoms with E-state index < -0.39 is 11.9 Å². The number of carboxylic acids is 2. The van der Waals surface area contributed by atoms with Crippen molar-refractivity contribution in [2.45, 2.75) is 32.6 Å². The highest BCUT2D eigenvalue weighted by molar-refractivity contribution is 6.00. The normalized spacial score (nSPS) is 13.9. The largest absolute Gasteiger partial charge is 0.478 e. The number of hydrogen-bond donors (Lipinski definition) is 2. The second-order valence-electron chi connectivity index (χ2n) is 10.7. The minimum atomic E-state index is -1.20. The van der Waals surface area contributed by atoms with Gasteiger partial charge in [-0.1, -0.05) is 74.0 Å². The van der Waals surface area contributed by atoms with Crippen LogP contribution in [0.1, 0.15) is 73.6 Å². The molecule has 0 bridgehead atoms. The van der Waals surface area contributed by atoms with Gasteiger partial charge in [0.2, 0.25) is 0 Å². The molecule has 204 valence electrons. The number of carboxylic acid groups (broad SMARTS) is 2. The minimum absolute atomic E-state index is 0.0556. The summed E-state index contributed by atoms with van der Waals surface area (Å²) in [6, 6.07) is 22.8. The number of azo groups is 1. The Morgan fingerprint density at radius 3 is 2.15 bits per heavy atom. The van der Waals surface area contributed by atoms with Gasteiger partial charge in [-0.25, -0.2) is 9.59 Å². The Morgan fingerprint density at radius 2 is 1.46 bits per heavy atom. The van der Waals surface area contributed by atoms with E-state index >= 15 is 0 Å². The summed E-state index contributed by atoms with van der Waals surface area (Å²) >= 11 is 0. The van der Waals surface area contributed by atoms with Gasteiger partial charge in [-0.3, -0.25) is 4.79 Å². The van der Waals surface area contributed by atoms with Gasteiger partial charge in [0.15, 0.2) is 0 Å². The Labute approximate surface area is 237 Å². The summed E-state index contributed by atoms with van der Waals surface area (Å²) in [5.74, 6) is -2.37. The number of aryl methyl sites for hydroxylation is 1. The Hall–Kier alpha value is -5.17. The zero-order valence-electron chi connectivity index (χ0n) is 22.9. The van der Waals surface area contributed by atoms with E-state index in [2.05, 4.69) is 42.3 Å². The van der Waals surface area contributed by atoms with Crippen LogP contribution in [0.4, 0.5) is 11.4 Å². The van der Waals surface area contributed by atoms with Gasteiger partial charge in [-0.2, -0.15) is 0 Å². The molecule has 0 heterocycles. The number of fused-ring (bicyclic) bond motifs is 1. The van der Waals surface area contributed by atoms with Crippen molar-refractivity contribution in [1.29, 1.82) is 0 Å². The van der Waals surface area contributed by atoms with Gasteiger partial charge in [-0.05, 0) is 76.9 Å². The third kappa shape index (κ3) is 5.22. The lowest BCUT2D eigenvalue weighted by Gasteiger charge is -2.35. The van der Waals surface area contributed by atoms with Crippen LogP contribution >= 0.6 is 0 Å². The van der Waals surface area contributed by atoms with Gasteiger partial charge in [0, 0.05) is 11.1 Å². The number of allylic oxidation sites excluding steroid dienone is 1. The minimum Gasteiger partial charge on any atom is -0.478 e. The van der Waals surface area contributed by atoms with Gasteiger partial charge in [0.25, 0.3) is 0 Å². The van der Waals surface area contributed by atoms with Gasteiger partial charge >= 0.3 is 11.9 Å². The number of carbonyl (C=O) groups is 3. The molecule has 0 aromatic heterocycles. The van der Waals surface area contributed by atoms with Crippen molar-refractivity contribution in [2.75, 3.05) is 0 Å². The van der Waals surface area contributed by atoms with E-state index in [1.165, 1.54) is 18.2 Å². The maximum Gasteiger partial charge on any atom is 0.337 e. The maximum absolute atomic E-state index is 12.3. The molecule has 2 N–H and O–H groups in total. The Morgan fingerprint density at radius 1 is 0.805 bits per heavy atom. The molecule has 0 aliphatic heterocycles. The molecule has 0 atom stereocenters.